The molecule has 0 radical (unpaired) electrons. The van der Waals surface area contributed by atoms with Crippen LogP contribution in [0, 0.1) is 6.92 Å². The van der Waals surface area contributed by atoms with E-state index in [-0.39, 0.29) is 5.75 Å². The van der Waals surface area contributed by atoms with Gasteiger partial charge in [-0.1, -0.05) is 48.0 Å². The molecule has 0 aliphatic heterocycles. The van der Waals surface area contributed by atoms with Crippen LogP contribution in [-0.2, 0) is 15.8 Å². The first-order valence-electron chi connectivity index (χ1n) is 5.77. The number of halogens is 1. The smallest absolute Gasteiger partial charge is 0.236 e. The van der Waals surface area contributed by atoms with Crippen molar-refractivity contribution in [1.29, 1.82) is 0 Å². The van der Waals surface area contributed by atoms with Crippen LogP contribution in [0.15, 0.2) is 48.5 Å². The molecule has 0 spiro atoms. The molecule has 0 aliphatic carbocycles. The molecule has 0 aliphatic rings. The van der Waals surface area contributed by atoms with Gasteiger partial charge >= 0.3 is 0 Å². The van der Waals surface area contributed by atoms with E-state index in [0.29, 0.717) is 10.7 Å². The summed E-state index contributed by atoms with van der Waals surface area (Å²) >= 11 is 5.97. The number of hydrogen-bond acceptors (Lipinski definition) is 2. The predicted molar refractivity (Wildman–Crippen MR) is 78.9 cm³/mol. The Morgan fingerprint density at radius 1 is 1.11 bits per heavy atom. The second-order valence-electron chi connectivity index (χ2n) is 4.31. The van der Waals surface area contributed by atoms with Gasteiger partial charge in [0.25, 0.3) is 0 Å². The third-order valence-corrected chi connectivity index (χ3v) is 4.31. The first-order valence-corrected chi connectivity index (χ1v) is 7.80. The summed E-state index contributed by atoms with van der Waals surface area (Å²) in [7, 11) is -3.43. The van der Waals surface area contributed by atoms with Gasteiger partial charge in [0.15, 0.2) is 0 Å². The summed E-state index contributed by atoms with van der Waals surface area (Å²) in [6.07, 6.45) is 0. The summed E-state index contributed by atoms with van der Waals surface area (Å²) in [5, 5.41) is 0.542. The van der Waals surface area contributed by atoms with E-state index in [1.165, 1.54) is 0 Å². The Morgan fingerprint density at radius 3 is 2.42 bits per heavy atom. The van der Waals surface area contributed by atoms with Gasteiger partial charge in [-0.2, -0.15) is 0 Å². The number of nitrogens with one attached hydrogen (secondary N) is 1. The van der Waals surface area contributed by atoms with Gasteiger partial charge in [-0.05, 0) is 30.2 Å². The number of anilines is 1. The van der Waals surface area contributed by atoms with E-state index in [4.69, 9.17) is 11.6 Å². The molecule has 2 rings (SSSR count). The maximum absolute atomic E-state index is 12.0. The lowest BCUT2D eigenvalue weighted by Crippen LogP contribution is -2.15. The Hall–Kier alpha value is -1.52. The van der Waals surface area contributed by atoms with Gasteiger partial charge in [-0.15, -0.1) is 0 Å². The van der Waals surface area contributed by atoms with E-state index in [1.807, 2.05) is 25.1 Å². The normalized spacial score (nSPS) is 11.3. The van der Waals surface area contributed by atoms with E-state index >= 15 is 0 Å². The summed E-state index contributed by atoms with van der Waals surface area (Å²) in [5.41, 5.74) is 2.13. The lowest BCUT2D eigenvalue weighted by atomic mass is 10.2. The van der Waals surface area contributed by atoms with E-state index in [1.54, 1.807) is 30.3 Å². The average Bonchev–Trinajstić information content (AvgIpc) is 2.34. The van der Waals surface area contributed by atoms with Gasteiger partial charge in [0.05, 0.1) is 5.75 Å². The van der Waals surface area contributed by atoms with Crippen molar-refractivity contribution in [2.45, 2.75) is 12.7 Å². The Balaban J connectivity index is 2.15. The lowest BCUT2D eigenvalue weighted by Gasteiger charge is -2.09. The van der Waals surface area contributed by atoms with E-state index in [0.717, 1.165) is 11.1 Å². The predicted octanol–water partition coefficient (Wildman–Crippen LogP) is 3.59. The van der Waals surface area contributed by atoms with Crippen molar-refractivity contribution >= 4 is 27.3 Å². The maximum atomic E-state index is 12.0. The summed E-state index contributed by atoms with van der Waals surface area (Å²) < 4.78 is 26.5. The van der Waals surface area contributed by atoms with Gasteiger partial charge in [-0.3, -0.25) is 4.72 Å². The van der Waals surface area contributed by atoms with Crippen LogP contribution in [0.4, 0.5) is 5.69 Å². The van der Waals surface area contributed by atoms with Crippen molar-refractivity contribution in [2.24, 2.45) is 0 Å². The van der Waals surface area contributed by atoms with Crippen molar-refractivity contribution < 1.29 is 8.42 Å². The Bertz CT molecular complexity index is 669. The van der Waals surface area contributed by atoms with Crippen LogP contribution >= 0.6 is 11.6 Å². The van der Waals surface area contributed by atoms with Gasteiger partial charge in [0.2, 0.25) is 10.0 Å². The molecule has 2 aromatic rings. The van der Waals surface area contributed by atoms with Crippen LogP contribution in [0.3, 0.4) is 0 Å². The molecule has 0 unspecified atom stereocenters. The van der Waals surface area contributed by atoms with Crippen LogP contribution in [0.1, 0.15) is 11.1 Å². The van der Waals surface area contributed by atoms with Crippen LogP contribution in [0.2, 0.25) is 5.02 Å². The van der Waals surface area contributed by atoms with Gasteiger partial charge in [0, 0.05) is 10.7 Å². The van der Waals surface area contributed by atoms with Gasteiger partial charge in [-0.25, -0.2) is 8.42 Å². The number of sulfonamides is 1. The Kier molecular flexibility index (Phi) is 4.12. The molecule has 2 aromatic carbocycles. The molecule has 0 amide bonds. The molecule has 0 bridgehead atoms. The molecule has 0 aromatic heterocycles. The highest BCUT2D eigenvalue weighted by molar-refractivity contribution is 7.91. The molecule has 3 nitrogen and oxygen atoms in total. The quantitative estimate of drug-likeness (QED) is 0.937. The highest BCUT2D eigenvalue weighted by Gasteiger charge is 2.12. The summed E-state index contributed by atoms with van der Waals surface area (Å²) in [5.74, 6) is -0.0562. The van der Waals surface area contributed by atoms with Gasteiger partial charge < -0.3 is 0 Å². The summed E-state index contributed by atoms with van der Waals surface area (Å²) in [6.45, 7) is 1.87. The fourth-order valence-corrected chi connectivity index (χ4v) is 3.04. The number of aryl methyl sites for hydroxylation is 1. The number of rotatable bonds is 4. The topological polar surface area (TPSA) is 46.2 Å². The largest absolute Gasteiger partial charge is 0.283 e. The molecule has 0 saturated heterocycles. The van der Waals surface area contributed by atoms with Crippen LogP contribution in [0.25, 0.3) is 0 Å². The third-order valence-electron chi connectivity index (χ3n) is 2.64. The van der Waals surface area contributed by atoms with E-state index in [9.17, 15) is 8.42 Å². The third kappa shape index (κ3) is 3.98. The van der Waals surface area contributed by atoms with Crippen molar-refractivity contribution in [2.75, 3.05) is 4.72 Å². The number of benzene rings is 2. The average molecular weight is 296 g/mol. The summed E-state index contributed by atoms with van der Waals surface area (Å²) in [4.78, 5) is 0. The minimum Gasteiger partial charge on any atom is -0.283 e. The monoisotopic (exact) mass is 295 g/mol. The van der Waals surface area contributed by atoms with E-state index < -0.39 is 10.0 Å². The van der Waals surface area contributed by atoms with E-state index in [2.05, 4.69) is 4.72 Å². The van der Waals surface area contributed by atoms with Crippen LogP contribution in [-0.4, -0.2) is 8.42 Å². The highest BCUT2D eigenvalue weighted by atomic mass is 35.5. The highest BCUT2D eigenvalue weighted by Crippen LogP contribution is 2.21. The minimum absolute atomic E-state index is 0.0562. The molecule has 5 heteroatoms. The van der Waals surface area contributed by atoms with Crippen molar-refractivity contribution in [3.63, 3.8) is 0 Å². The molecule has 19 heavy (non-hydrogen) atoms. The SMILES string of the molecule is Cc1ccc(NS(=O)(=O)Cc2ccccc2)cc1Cl. The standard InChI is InChI=1S/C14H14ClNO2S/c1-11-7-8-13(9-14(11)15)16-19(17,18)10-12-5-3-2-4-6-12/h2-9,16H,10H2,1H3. The van der Waals surface area contributed by atoms with Gasteiger partial charge in [0.1, 0.15) is 0 Å². The maximum Gasteiger partial charge on any atom is 0.236 e. The Labute approximate surface area is 118 Å². The number of hydrogen-bond donors (Lipinski definition) is 1. The zero-order chi connectivity index (χ0) is 13.9. The van der Waals surface area contributed by atoms with Crippen LogP contribution in [0.5, 0.6) is 0 Å². The zero-order valence-corrected chi connectivity index (χ0v) is 12.0. The fraction of sp³-hybridized carbons (Fsp3) is 0.143. The molecular weight excluding hydrogens is 282 g/mol. The molecule has 0 atom stereocenters. The molecule has 0 fully saturated rings. The molecule has 0 saturated carbocycles. The Morgan fingerprint density at radius 2 is 1.79 bits per heavy atom. The lowest BCUT2D eigenvalue weighted by molar-refractivity contribution is 0.600. The molecule has 100 valence electrons. The van der Waals surface area contributed by atoms with Crippen LogP contribution < -0.4 is 4.72 Å². The fourth-order valence-electron chi connectivity index (χ4n) is 1.67. The zero-order valence-electron chi connectivity index (χ0n) is 10.4. The second-order valence-corrected chi connectivity index (χ2v) is 6.44. The minimum atomic E-state index is -3.43. The first-order chi connectivity index (χ1) is 8.96. The van der Waals surface area contributed by atoms with Crippen molar-refractivity contribution in [3.8, 4) is 0 Å². The van der Waals surface area contributed by atoms with Crippen molar-refractivity contribution in [3.05, 3.63) is 64.7 Å². The second kappa shape index (κ2) is 5.63. The molecule has 0 heterocycles. The molecular formula is C14H14ClNO2S. The molecule has 1 N–H and O–H groups in total. The summed E-state index contributed by atoms with van der Waals surface area (Å²) in [6, 6.07) is 14.1. The first kappa shape index (κ1) is 13.9. The van der Waals surface area contributed by atoms with Crippen molar-refractivity contribution in [1.82, 2.24) is 0 Å².